The second-order valence-electron chi connectivity index (χ2n) is 9.58. The molecule has 7 rings (SSSR count). The van der Waals surface area contributed by atoms with Crippen molar-refractivity contribution in [2.24, 2.45) is 0 Å². The quantitative estimate of drug-likeness (QED) is 0.237. The molecule has 0 saturated carbocycles. The lowest BCUT2D eigenvalue weighted by Gasteiger charge is -2.22. The van der Waals surface area contributed by atoms with Crippen LogP contribution in [0.4, 0.5) is 0 Å². The summed E-state index contributed by atoms with van der Waals surface area (Å²) in [5.74, 6) is 1.37. The van der Waals surface area contributed by atoms with Gasteiger partial charge < -0.3 is 0 Å². The summed E-state index contributed by atoms with van der Waals surface area (Å²) in [4.78, 5) is 5.04. The predicted octanol–water partition coefficient (Wildman–Crippen LogP) is 7.68. The number of hydrogen-bond acceptors (Lipinski definition) is 3. The third kappa shape index (κ3) is 2.94. The van der Waals surface area contributed by atoms with Gasteiger partial charge in [0, 0.05) is 26.4 Å². The maximum absolute atomic E-state index is 5.04. The molecule has 0 amide bonds. The third-order valence-electron chi connectivity index (χ3n) is 7.20. The molecule has 0 fully saturated rings. The number of para-hydroxylation sites is 1. The largest absolute Gasteiger partial charge is 0.259 e. The molecule has 0 unspecified atom stereocenters. The van der Waals surface area contributed by atoms with Gasteiger partial charge in [-0.2, -0.15) is 0 Å². The van der Waals surface area contributed by atoms with E-state index in [1.165, 1.54) is 22.3 Å². The molecule has 2 heterocycles. The number of benzene rings is 4. The van der Waals surface area contributed by atoms with Crippen LogP contribution in [-0.4, -0.2) is 19.6 Å². The Morgan fingerprint density at radius 2 is 1.51 bits per heavy atom. The summed E-state index contributed by atoms with van der Waals surface area (Å²) in [7, 11) is 0. The summed E-state index contributed by atoms with van der Waals surface area (Å²) >= 11 is 3.58. The Morgan fingerprint density at radius 1 is 0.714 bits per heavy atom. The predicted molar refractivity (Wildman–Crippen MR) is 144 cm³/mol. The van der Waals surface area contributed by atoms with Crippen LogP contribution < -0.4 is 0 Å². The van der Waals surface area contributed by atoms with Crippen molar-refractivity contribution in [3.63, 3.8) is 0 Å². The van der Waals surface area contributed by atoms with Crippen molar-refractivity contribution in [3.05, 3.63) is 107 Å². The Balaban J connectivity index is 1.48. The summed E-state index contributed by atoms with van der Waals surface area (Å²) in [6.45, 7) is 4.61. The lowest BCUT2D eigenvalue weighted by atomic mass is 9.82. The van der Waals surface area contributed by atoms with Crippen molar-refractivity contribution < 1.29 is 0 Å². The molecular formula is C30H21BrN4. The smallest absolute Gasteiger partial charge is 0.256 e. The van der Waals surface area contributed by atoms with E-state index in [1.54, 1.807) is 0 Å². The first-order chi connectivity index (χ1) is 17.0. The summed E-state index contributed by atoms with van der Waals surface area (Å²) in [5.41, 5.74) is 9.31. The van der Waals surface area contributed by atoms with Gasteiger partial charge in [0.25, 0.3) is 5.78 Å². The Labute approximate surface area is 211 Å². The fraction of sp³-hybridized carbons (Fsp3) is 0.100. The highest BCUT2D eigenvalue weighted by Gasteiger charge is 2.35. The number of nitrogens with zero attached hydrogens (tertiary/aromatic N) is 4. The zero-order valence-electron chi connectivity index (χ0n) is 19.3. The van der Waals surface area contributed by atoms with Crippen LogP contribution in [0.15, 0.2) is 95.5 Å². The number of hydrogen-bond donors (Lipinski definition) is 0. The average molecular weight is 517 g/mol. The van der Waals surface area contributed by atoms with Crippen LogP contribution in [0.3, 0.4) is 0 Å². The minimum Gasteiger partial charge on any atom is -0.259 e. The molecule has 0 spiro atoms. The summed E-state index contributed by atoms with van der Waals surface area (Å²) in [6, 6.07) is 32.0. The van der Waals surface area contributed by atoms with E-state index in [1.807, 2.05) is 22.6 Å². The highest BCUT2D eigenvalue weighted by Crippen LogP contribution is 2.49. The van der Waals surface area contributed by atoms with Gasteiger partial charge in [-0.1, -0.05) is 96.5 Å². The minimum atomic E-state index is -0.0649. The Kier molecular flexibility index (Phi) is 4.30. The van der Waals surface area contributed by atoms with Crippen LogP contribution >= 0.6 is 15.9 Å². The van der Waals surface area contributed by atoms with Gasteiger partial charge in [0.2, 0.25) is 0 Å². The fourth-order valence-corrected chi connectivity index (χ4v) is 5.88. The van der Waals surface area contributed by atoms with Gasteiger partial charge in [0.05, 0.1) is 11.2 Å². The van der Waals surface area contributed by atoms with Crippen molar-refractivity contribution in [2.45, 2.75) is 19.3 Å². The molecular weight excluding hydrogens is 496 g/mol. The number of aromatic nitrogens is 4. The van der Waals surface area contributed by atoms with Crippen LogP contribution in [0.25, 0.3) is 50.5 Å². The lowest BCUT2D eigenvalue weighted by Crippen LogP contribution is -2.15. The van der Waals surface area contributed by atoms with E-state index >= 15 is 0 Å². The molecule has 35 heavy (non-hydrogen) atoms. The first-order valence-electron chi connectivity index (χ1n) is 11.7. The van der Waals surface area contributed by atoms with Crippen LogP contribution in [0.1, 0.15) is 25.0 Å². The third-order valence-corrected chi connectivity index (χ3v) is 7.69. The zero-order chi connectivity index (χ0) is 23.7. The minimum absolute atomic E-state index is 0.0649. The van der Waals surface area contributed by atoms with Gasteiger partial charge in [0.1, 0.15) is 0 Å². The molecule has 6 aromatic rings. The fourth-order valence-electron chi connectivity index (χ4n) is 5.49. The van der Waals surface area contributed by atoms with Gasteiger partial charge in [0.15, 0.2) is 5.82 Å². The highest BCUT2D eigenvalue weighted by atomic mass is 79.9. The van der Waals surface area contributed by atoms with Crippen LogP contribution in [-0.2, 0) is 5.41 Å². The Bertz CT molecular complexity index is 1800. The van der Waals surface area contributed by atoms with E-state index in [4.69, 9.17) is 4.98 Å². The summed E-state index contributed by atoms with van der Waals surface area (Å²) in [5, 5.41) is 10.1. The maximum atomic E-state index is 5.04. The standard InChI is InChI=1S/C30H21BrN4/c1-30(2)24-12-5-3-10-21(24)22-15-14-18(17-25(22)30)27-23-11-4-6-13-26(23)35-28(33-34-29(35)32-27)19-8-7-9-20(31)16-19/h3-17H,1-2H3. The van der Waals surface area contributed by atoms with Crippen molar-refractivity contribution in [3.8, 4) is 33.8 Å². The molecule has 0 bridgehead atoms. The van der Waals surface area contributed by atoms with Gasteiger partial charge in [-0.25, -0.2) is 4.98 Å². The molecule has 1 aliphatic carbocycles. The number of rotatable bonds is 2. The van der Waals surface area contributed by atoms with Crippen molar-refractivity contribution in [2.75, 3.05) is 0 Å². The van der Waals surface area contributed by atoms with E-state index in [0.717, 1.165) is 38.0 Å². The SMILES string of the molecule is CC1(C)c2ccccc2-c2ccc(-c3nc4nnc(-c5cccc(Br)c5)n4c4ccccc34)cc21. The molecule has 0 atom stereocenters. The molecule has 0 saturated heterocycles. The van der Waals surface area contributed by atoms with E-state index in [-0.39, 0.29) is 5.41 Å². The van der Waals surface area contributed by atoms with Gasteiger partial charge in [-0.15, -0.1) is 10.2 Å². The summed E-state index contributed by atoms with van der Waals surface area (Å²) < 4.78 is 3.05. The average Bonchev–Trinajstić information content (AvgIpc) is 3.41. The zero-order valence-corrected chi connectivity index (χ0v) is 20.9. The van der Waals surface area contributed by atoms with Crippen molar-refractivity contribution in [1.82, 2.24) is 19.6 Å². The van der Waals surface area contributed by atoms with Crippen LogP contribution in [0, 0.1) is 0 Å². The topological polar surface area (TPSA) is 43.1 Å². The molecule has 4 aromatic carbocycles. The second kappa shape index (κ2) is 7.33. The molecule has 5 heteroatoms. The number of halogens is 1. The lowest BCUT2D eigenvalue weighted by molar-refractivity contribution is 0.660. The molecule has 0 radical (unpaired) electrons. The molecule has 0 aliphatic heterocycles. The normalized spacial score (nSPS) is 13.8. The van der Waals surface area contributed by atoms with Gasteiger partial charge in [-0.05, 0) is 46.5 Å². The second-order valence-corrected chi connectivity index (χ2v) is 10.5. The van der Waals surface area contributed by atoms with E-state index in [9.17, 15) is 0 Å². The maximum Gasteiger partial charge on any atom is 0.256 e. The number of fused-ring (bicyclic) bond motifs is 6. The van der Waals surface area contributed by atoms with Gasteiger partial charge in [-0.3, -0.25) is 4.40 Å². The molecule has 168 valence electrons. The monoisotopic (exact) mass is 516 g/mol. The van der Waals surface area contributed by atoms with E-state index in [2.05, 4.69) is 113 Å². The molecule has 4 nitrogen and oxygen atoms in total. The Hall–Kier alpha value is -3.83. The first-order valence-corrected chi connectivity index (χ1v) is 12.5. The van der Waals surface area contributed by atoms with Crippen LogP contribution in [0.5, 0.6) is 0 Å². The van der Waals surface area contributed by atoms with Crippen molar-refractivity contribution in [1.29, 1.82) is 0 Å². The summed E-state index contributed by atoms with van der Waals surface area (Å²) in [6.07, 6.45) is 0. The van der Waals surface area contributed by atoms with E-state index < -0.39 is 0 Å². The highest BCUT2D eigenvalue weighted by molar-refractivity contribution is 9.10. The molecule has 0 N–H and O–H groups in total. The Morgan fingerprint density at radius 3 is 2.40 bits per heavy atom. The van der Waals surface area contributed by atoms with E-state index in [0.29, 0.717) is 5.78 Å². The first kappa shape index (κ1) is 20.5. The van der Waals surface area contributed by atoms with Crippen LogP contribution in [0.2, 0.25) is 0 Å². The molecule has 1 aliphatic rings. The van der Waals surface area contributed by atoms with Gasteiger partial charge >= 0.3 is 0 Å². The van der Waals surface area contributed by atoms with Crippen molar-refractivity contribution >= 4 is 32.6 Å². The molecule has 2 aromatic heterocycles.